The maximum absolute atomic E-state index is 13.4. The Morgan fingerprint density at radius 1 is 0.366 bits per heavy atom. The van der Waals surface area contributed by atoms with Gasteiger partial charge in [0.2, 0.25) is 5.91 Å². The van der Waals surface area contributed by atoms with Crippen LogP contribution in [0.2, 0.25) is 0 Å². The molecule has 0 aromatic rings. The van der Waals surface area contributed by atoms with E-state index in [-0.39, 0.29) is 18.9 Å². The van der Waals surface area contributed by atoms with Crippen molar-refractivity contribution in [1.29, 1.82) is 0 Å². The third kappa shape index (κ3) is 51.9. The molecule has 0 spiro atoms. The highest BCUT2D eigenvalue weighted by Crippen LogP contribution is 2.30. The monoisotopic (exact) mass is 1420 g/mol. The molecule has 2 aliphatic heterocycles. The van der Waals surface area contributed by atoms with Gasteiger partial charge in [0.05, 0.1) is 32.0 Å². The van der Waals surface area contributed by atoms with Crippen molar-refractivity contribution in [1.82, 2.24) is 5.32 Å². The summed E-state index contributed by atoms with van der Waals surface area (Å²) < 4.78 is 22.9. The van der Waals surface area contributed by atoms with E-state index in [1.807, 2.05) is 6.08 Å². The minimum absolute atomic E-state index is 0.256. The second-order valence-electron chi connectivity index (χ2n) is 28.1. The second-order valence-corrected chi connectivity index (χ2v) is 28.1. The van der Waals surface area contributed by atoms with E-state index in [1.165, 1.54) is 180 Å². The van der Waals surface area contributed by atoms with Crippen molar-refractivity contribution in [3.05, 3.63) is 134 Å². The molecule has 12 unspecified atom stereocenters. The Hall–Kier alpha value is -3.87. The van der Waals surface area contributed by atoms with Gasteiger partial charge in [-0.05, 0) is 109 Å². The van der Waals surface area contributed by atoms with Gasteiger partial charge >= 0.3 is 0 Å². The Morgan fingerprint density at radius 2 is 0.693 bits per heavy atom. The number of amides is 1. The SMILES string of the molecule is CC/C=C\C/C=C\C/C=C\C/C=C\C/C=C\C/C=C\C/C=C\C/C=C\CCCCCCCCCCCCCCCCC(=O)NC(COC1OC(CO)C(OC2OC(CO)C(O)C(O)C2O)C(O)C1O)C(O)/C=C/CC/C=C/CC/C=C/CCCCCCCCCCCCCCCCCCCC. The molecule has 12 atom stereocenters. The van der Waals surface area contributed by atoms with Crippen LogP contribution in [-0.2, 0) is 23.7 Å². The first-order chi connectivity index (χ1) is 49.6. The number of nitrogens with one attached hydrogen (secondary N) is 1. The van der Waals surface area contributed by atoms with Crippen LogP contribution >= 0.6 is 0 Å². The first kappa shape index (κ1) is 93.2. The molecule has 2 saturated heterocycles. The number of aliphatic hydroxyl groups excluding tert-OH is 8. The van der Waals surface area contributed by atoms with E-state index in [1.54, 1.807) is 6.08 Å². The number of unbranched alkanes of at least 4 members (excludes halogenated alkanes) is 34. The lowest BCUT2D eigenvalue weighted by Crippen LogP contribution is -2.65. The Kier molecular flexibility index (Phi) is 63.9. The highest BCUT2D eigenvalue weighted by atomic mass is 16.7. The Morgan fingerprint density at radius 3 is 1.09 bits per heavy atom. The molecule has 0 aromatic heterocycles. The third-order valence-corrected chi connectivity index (χ3v) is 19.0. The van der Waals surface area contributed by atoms with E-state index in [9.17, 15) is 45.6 Å². The maximum atomic E-state index is 13.4. The highest BCUT2D eigenvalue weighted by Gasteiger charge is 2.51. The van der Waals surface area contributed by atoms with Crippen LogP contribution in [0.15, 0.2) is 134 Å². The van der Waals surface area contributed by atoms with E-state index >= 15 is 0 Å². The molecule has 2 fully saturated rings. The molecule has 0 bridgehead atoms. The van der Waals surface area contributed by atoms with Gasteiger partial charge in [0.15, 0.2) is 12.6 Å². The van der Waals surface area contributed by atoms with E-state index in [0.717, 1.165) is 103 Å². The Balaban J connectivity index is 1.63. The number of carbonyl (C=O) groups excluding carboxylic acids is 1. The second kappa shape index (κ2) is 69.2. The first-order valence-corrected chi connectivity index (χ1v) is 40.9. The fourth-order valence-corrected chi connectivity index (χ4v) is 12.6. The predicted octanol–water partition coefficient (Wildman–Crippen LogP) is 19.0. The number of carbonyl (C=O) groups is 1. The van der Waals surface area contributed by atoms with Crippen molar-refractivity contribution in [3.8, 4) is 0 Å². The van der Waals surface area contributed by atoms with E-state index in [0.29, 0.717) is 12.8 Å². The van der Waals surface area contributed by atoms with Crippen LogP contribution in [0.1, 0.15) is 316 Å². The molecular weight excluding hydrogens is 1270 g/mol. The zero-order valence-electron chi connectivity index (χ0n) is 63.6. The smallest absolute Gasteiger partial charge is 0.220 e. The van der Waals surface area contributed by atoms with Crippen molar-refractivity contribution in [2.45, 2.75) is 389 Å². The number of aliphatic hydroxyl groups is 8. The lowest BCUT2D eigenvalue weighted by molar-refractivity contribution is -0.359. The molecule has 2 aliphatic rings. The molecule has 101 heavy (non-hydrogen) atoms. The van der Waals surface area contributed by atoms with Gasteiger partial charge in [0.25, 0.3) is 0 Å². The molecule has 0 saturated carbocycles. The molecule has 0 aromatic carbocycles. The quantitative estimate of drug-likeness (QED) is 0.0204. The zero-order valence-corrected chi connectivity index (χ0v) is 63.6. The highest BCUT2D eigenvalue weighted by molar-refractivity contribution is 5.76. The lowest BCUT2D eigenvalue weighted by Gasteiger charge is -2.46. The molecule has 2 rings (SSSR count). The molecule has 2 heterocycles. The fraction of sp³-hybridized carbons (Fsp3) is 0.736. The fourth-order valence-electron chi connectivity index (χ4n) is 12.6. The minimum Gasteiger partial charge on any atom is -0.394 e. The van der Waals surface area contributed by atoms with Gasteiger partial charge in [0, 0.05) is 6.42 Å². The average Bonchev–Trinajstić information content (AvgIpc) is 0.790. The Bertz CT molecular complexity index is 2220. The van der Waals surface area contributed by atoms with Crippen molar-refractivity contribution in [3.63, 3.8) is 0 Å². The summed E-state index contributed by atoms with van der Waals surface area (Å²) in [4.78, 5) is 13.4. The molecule has 0 aliphatic carbocycles. The van der Waals surface area contributed by atoms with Gasteiger partial charge in [-0.15, -0.1) is 0 Å². The summed E-state index contributed by atoms with van der Waals surface area (Å²) in [5.74, 6) is -0.256. The summed E-state index contributed by atoms with van der Waals surface area (Å²) in [5.41, 5.74) is 0. The number of ether oxygens (including phenoxy) is 4. The van der Waals surface area contributed by atoms with Crippen LogP contribution in [0.3, 0.4) is 0 Å². The van der Waals surface area contributed by atoms with Crippen molar-refractivity contribution < 1.29 is 64.6 Å². The van der Waals surface area contributed by atoms with Gasteiger partial charge in [-0.3, -0.25) is 4.79 Å². The van der Waals surface area contributed by atoms with Gasteiger partial charge in [-0.2, -0.15) is 0 Å². The summed E-state index contributed by atoms with van der Waals surface area (Å²) >= 11 is 0. The van der Waals surface area contributed by atoms with Crippen LogP contribution < -0.4 is 5.32 Å². The van der Waals surface area contributed by atoms with E-state index in [2.05, 4.69) is 141 Å². The van der Waals surface area contributed by atoms with Crippen molar-refractivity contribution in [2.75, 3.05) is 19.8 Å². The van der Waals surface area contributed by atoms with E-state index < -0.39 is 86.8 Å². The summed E-state index contributed by atoms with van der Waals surface area (Å²) in [5, 5.41) is 87.7. The normalized spacial score (nSPS) is 22.5. The topological polar surface area (TPSA) is 228 Å². The maximum Gasteiger partial charge on any atom is 0.220 e. The summed E-state index contributed by atoms with van der Waals surface area (Å²) in [6.45, 7) is 2.69. The number of rotatable bonds is 67. The Labute approximate surface area is 615 Å². The summed E-state index contributed by atoms with van der Waals surface area (Å²) in [7, 11) is 0. The largest absolute Gasteiger partial charge is 0.394 e. The molecule has 14 heteroatoms. The minimum atomic E-state index is -1.80. The molecule has 9 N–H and O–H groups in total. The number of hydrogen-bond acceptors (Lipinski definition) is 13. The van der Waals surface area contributed by atoms with Crippen LogP contribution in [-0.4, -0.2) is 140 Å². The molecular formula is C87H149NO13. The molecule has 14 nitrogen and oxygen atoms in total. The van der Waals surface area contributed by atoms with Crippen molar-refractivity contribution >= 4 is 5.91 Å². The van der Waals surface area contributed by atoms with Crippen LogP contribution in [0.5, 0.6) is 0 Å². The zero-order chi connectivity index (χ0) is 73.0. The van der Waals surface area contributed by atoms with E-state index in [4.69, 9.17) is 18.9 Å². The van der Waals surface area contributed by atoms with Gasteiger partial charge in [0.1, 0.15) is 48.8 Å². The van der Waals surface area contributed by atoms with Gasteiger partial charge in [-0.1, -0.05) is 334 Å². The number of hydrogen-bond donors (Lipinski definition) is 9. The van der Waals surface area contributed by atoms with Crippen LogP contribution in [0.4, 0.5) is 0 Å². The van der Waals surface area contributed by atoms with Crippen LogP contribution in [0, 0.1) is 0 Å². The average molecular weight is 1420 g/mol. The van der Waals surface area contributed by atoms with Crippen molar-refractivity contribution in [2.24, 2.45) is 0 Å². The first-order valence-electron chi connectivity index (χ1n) is 40.9. The third-order valence-electron chi connectivity index (χ3n) is 19.0. The van der Waals surface area contributed by atoms with Gasteiger partial charge < -0.3 is 65.1 Å². The molecule has 0 radical (unpaired) electrons. The van der Waals surface area contributed by atoms with Gasteiger partial charge in [-0.25, -0.2) is 0 Å². The van der Waals surface area contributed by atoms with Crippen LogP contribution in [0.25, 0.3) is 0 Å². The number of allylic oxidation sites excluding steroid dienone is 21. The summed E-state index contributed by atoms with van der Waals surface area (Å²) in [6.07, 6.45) is 86.7. The molecule has 1 amide bonds. The summed E-state index contributed by atoms with van der Waals surface area (Å²) in [6, 6.07) is -0.948. The lowest BCUT2D eigenvalue weighted by atomic mass is 9.97. The predicted molar refractivity (Wildman–Crippen MR) is 419 cm³/mol. The molecule has 580 valence electrons. The standard InChI is InChI=1S/C87H149NO13/c1-3-5-7-9-11-13-15-17-19-21-23-25-27-29-31-33-34-35-36-37-38-39-40-41-42-43-45-47-49-51-53-55-57-59-61-63-65-67-69-71-79(92)88-75(74-98-86-84(97)82(95)85(78(73-90)100-86)101-87-83(96)81(94)80(93)77(72-89)99-87)76(91)70-68-66-64-62-60-58-56-54-52-50-48-46-44-32-30-28-26-24-22-20-18-16-14-12-10-8-6-4-2/h5,7,11,13,17,19,23,25,29,31,34-35,37-38,40-41,52,54,60,62,68,70,75-78,80-87,89-91,93-97H,3-4,6,8-10,12,14-16,18,20-22,24,26-28,30,32-33,36,39,42-51,53,55-59,61,63-67,69,71-74H2,1-2H3,(H,88,92)/b7-5-,13-11-,19-17-,25-23-,31-29-,35-34-,38-37-,41-40-,54-52+,62-60+,70-68+.